The van der Waals surface area contributed by atoms with E-state index in [9.17, 15) is 5.11 Å². The molecule has 0 saturated carbocycles. The predicted molar refractivity (Wildman–Crippen MR) is 109 cm³/mol. The summed E-state index contributed by atoms with van der Waals surface area (Å²) in [7, 11) is 0. The third-order valence-corrected chi connectivity index (χ3v) is 5.04. The lowest BCUT2D eigenvalue weighted by Gasteiger charge is -2.09. The average molecular weight is 366 g/mol. The van der Waals surface area contributed by atoms with Crippen LogP contribution in [0.4, 0.5) is 0 Å². The molecule has 0 radical (unpaired) electrons. The van der Waals surface area contributed by atoms with Gasteiger partial charge in [0.2, 0.25) is 0 Å². The fourth-order valence-corrected chi connectivity index (χ4v) is 3.76. The van der Waals surface area contributed by atoms with Crippen LogP contribution in [0.5, 0.6) is 17.2 Å². The van der Waals surface area contributed by atoms with Crippen LogP contribution >= 0.6 is 0 Å². The van der Waals surface area contributed by atoms with Gasteiger partial charge in [-0.3, -0.25) is 0 Å². The first kappa shape index (κ1) is 15.2. The fraction of sp³-hybridized carbons (Fsp3) is 0. The van der Waals surface area contributed by atoms with Crippen LogP contribution in [0.2, 0.25) is 0 Å². The van der Waals surface area contributed by atoms with Gasteiger partial charge < -0.3 is 18.7 Å². The molecule has 0 unspecified atom stereocenters. The molecule has 0 amide bonds. The highest BCUT2D eigenvalue weighted by molar-refractivity contribution is 6.09. The Hall–Kier alpha value is -3.92. The Morgan fingerprint density at radius 2 is 1.25 bits per heavy atom. The lowest BCUT2D eigenvalue weighted by Crippen LogP contribution is -1.86. The third-order valence-electron chi connectivity index (χ3n) is 5.04. The van der Waals surface area contributed by atoms with E-state index >= 15 is 0 Å². The van der Waals surface area contributed by atoms with Crippen LogP contribution in [-0.2, 0) is 0 Å². The number of rotatable bonds is 2. The Kier molecular flexibility index (Phi) is 3.00. The number of hydrogen-bond donors (Lipinski definition) is 1. The van der Waals surface area contributed by atoms with Gasteiger partial charge in [0.15, 0.2) is 11.5 Å². The van der Waals surface area contributed by atoms with E-state index in [-0.39, 0.29) is 5.75 Å². The monoisotopic (exact) mass is 366 g/mol. The molecule has 28 heavy (non-hydrogen) atoms. The normalized spacial score (nSPS) is 11.7. The minimum atomic E-state index is 0.0659. The molecule has 4 aromatic carbocycles. The van der Waals surface area contributed by atoms with E-state index in [1.165, 1.54) is 0 Å². The second-order valence-corrected chi connectivity index (χ2v) is 6.74. The summed E-state index contributed by atoms with van der Waals surface area (Å²) in [5.41, 5.74) is 3.05. The van der Waals surface area contributed by atoms with Gasteiger partial charge in [0.05, 0.1) is 5.39 Å². The van der Waals surface area contributed by atoms with Crippen molar-refractivity contribution in [3.63, 3.8) is 0 Å². The van der Waals surface area contributed by atoms with Gasteiger partial charge >= 0.3 is 0 Å². The van der Waals surface area contributed by atoms with Crippen molar-refractivity contribution in [2.24, 2.45) is 0 Å². The lowest BCUT2D eigenvalue weighted by atomic mass is 10.1. The van der Waals surface area contributed by atoms with Crippen LogP contribution in [0.15, 0.2) is 87.7 Å². The van der Waals surface area contributed by atoms with Crippen molar-refractivity contribution < 1.29 is 18.7 Å². The van der Waals surface area contributed by atoms with Gasteiger partial charge in [0.25, 0.3) is 0 Å². The van der Waals surface area contributed by atoms with E-state index in [1.807, 2.05) is 66.7 Å². The maximum absolute atomic E-state index is 10.5. The molecule has 0 fully saturated rings. The smallest absolute Gasteiger partial charge is 0.180 e. The molecule has 0 saturated heterocycles. The van der Waals surface area contributed by atoms with Crippen LogP contribution < -0.4 is 4.74 Å². The van der Waals surface area contributed by atoms with Crippen LogP contribution in [0.1, 0.15) is 0 Å². The van der Waals surface area contributed by atoms with Crippen molar-refractivity contribution in [3.05, 3.63) is 78.9 Å². The van der Waals surface area contributed by atoms with Crippen molar-refractivity contribution in [3.8, 4) is 17.2 Å². The van der Waals surface area contributed by atoms with Crippen LogP contribution in [-0.4, -0.2) is 5.11 Å². The Labute approximate surface area is 159 Å². The quantitative estimate of drug-likeness (QED) is 0.359. The second-order valence-electron chi connectivity index (χ2n) is 6.74. The summed E-state index contributed by atoms with van der Waals surface area (Å²) in [6.07, 6.45) is 0. The number of benzene rings is 4. The molecule has 134 valence electrons. The molecule has 6 aromatic rings. The van der Waals surface area contributed by atoms with Gasteiger partial charge in [-0.25, -0.2) is 0 Å². The first-order valence-electron chi connectivity index (χ1n) is 9.00. The molecule has 1 N–H and O–H groups in total. The van der Waals surface area contributed by atoms with Crippen molar-refractivity contribution in [1.29, 1.82) is 0 Å². The summed E-state index contributed by atoms with van der Waals surface area (Å²) >= 11 is 0. The van der Waals surface area contributed by atoms with Crippen LogP contribution in [0, 0.1) is 0 Å². The topological polar surface area (TPSA) is 55.7 Å². The zero-order valence-corrected chi connectivity index (χ0v) is 14.7. The summed E-state index contributed by atoms with van der Waals surface area (Å²) in [6.45, 7) is 0. The number of hydrogen-bond acceptors (Lipinski definition) is 4. The highest BCUT2D eigenvalue weighted by atomic mass is 16.5. The summed E-state index contributed by atoms with van der Waals surface area (Å²) in [4.78, 5) is 0. The lowest BCUT2D eigenvalue weighted by molar-refractivity contribution is 0.415. The summed E-state index contributed by atoms with van der Waals surface area (Å²) < 4.78 is 17.9. The van der Waals surface area contributed by atoms with Gasteiger partial charge in [0, 0.05) is 16.2 Å². The van der Waals surface area contributed by atoms with E-state index in [0.717, 1.165) is 38.3 Å². The second kappa shape index (κ2) is 5.54. The van der Waals surface area contributed by atoms with Crippen molar-refractivity contribution >= 4 is 43.9 Å². The maximum atomic E-state index is 10.5. The van der Waals surface area contributed by atoms with E-state index in [4.69, 9.17) is 13.6 Å². The Morgan fingerprint density at radius 3 is 2.11 bits per heavy atom. The predicted octanol–water partition coefficient (Wildman–Crippen LogP) is 6.98. The molecule has 0 aliphatic heterocycles. The fourth-order valence-electron chi connectivity index (χ4n) is 3.76. The molecule has 0 bridgehead atoms. The summed E-state index contributed by atoms with van der Waals surface area (Å²) in [5.74, 6) is 1.07. The molecular weight excluding hydrogens is 352 g/mol. The SMILES string of the molecule is Oc1ccc2oc3ccccc3c2c1Oc1ccc2oc3ccccc3c2c1. The molecule has 4 heteroatoms. The van der Waals surface area contributed by atoms with Crippen molar-refractivity contribution in [2.75, 3.05) is 0 Å². The van der Waals surface area contributed by atoms with Gasteiger partial charge in [0.1, 0.15) is 28.1 Å². The number of furan rings is 2. The minimum Gasteiger partial charge on any atom is -0.504 e. The highest BCUT2D eigenvalue weighted by Gasteiger charge is 2.17. The first-order valence-corrected chi connectivity index (χ1v) is 9.00. The van der Waals surface area contributed by atoms with Gasteiger partial charge in [-0.15, -0.1) is 0 Å². The number of para-hydroxylation sites is 2. The number of fused-ring (bicyclic) bond motifs is 6. The minimum absolute atomic E-state index is 0.0659. The van der Waals surface area contributed by atoms with E-state index in [1.54, 1.807) is 12.1 Å². The third kappa shape index (κ3) is 2.12. The highest BCUT2D eigenvalue weighted by Crippen LogP contribution is 2.43. The number of phenols is 1. The molecule has 6 rings (SSSR count). The van der Waals surface area contributed by atoms with Gasteiger partial charge in [-0.05, 0) is 42.5 Å². The molecule has 0 atom stereocenters. The van der Waals surface area contributed by atoms with Gasteiger partial charge in [-0.1, -0.05) is 36.4 Å². The van der Waals surface area contributed by atoms with E-state index in [2.05, 4.69) is 0 Å². The number of ether oxygens (including phenoxy) is 1. The zero-order valence-electron chi connectivity index (χ0n) is 14.7. The Morgan fingerprint density at radius 1 is 0.607 bits per heavy atom. The van der Waals surface area contributed by atoms with Gasteiger partial charge in [-0.2, -0.15) is 0 Å². The maximum Gasteiger partial charge on any atom is 0.180 e. The Balaban J connectivity index is 1.56. The molecule has 0 aliphatic rings. The largest absolute Gasteiger partial charge is 0.504 e. The molecule has 4 nitrogen and oxygen atoms in total. The first-order chi connectivity index (χ1) is 13.8. The standard InChI is InChI=1S/C24H14O4/c25-18-10-12-22-23(16-6-2-4-8-20(16)28-22)24(18)26-14-9-11-21-17(13-14)15-5-1-3-7-19(15)27-21/h1-13,25H. The molecule has 2 heterocycles. The molecular formula is C24H14O4. The zero-order chi connectivity index (χ0) is 18.7. The van der Waals surface area contributed by atoms with E-state index < -0.39 is 0 Å². The summed E-state index contributed by atoms with van der Waals surface area (Å²) in [6, 6.07) is 24.6. The Bertz CT molecular complexity index is 1500. The van der Waals surface area contributed by atoms with Crippen molar-refractivity contribution in [1.82, 2.24) is 0 Å². The number of aromatic hydroxyl groups is 1. The average Bonchev–Trinajstić information content (AvgIpc) is 3.28. The summed E-state index contributed by atoms with van der Waals surface area (Å²) in [5, 5.41) is 14.2. The van der Waals surface area contributed by atoms with Crippen LogP contribution in [0.3, 0.4) is 0 Å². The number of phenolic OH excluding ortho intramolecular Hbond substituents is 1. The molecule has 0 aliphatic carbocycles. The molecule has 0 spiro atoms. The van der Waals surface area contributed by atoms with E-state index in [0.29, 0.717) is 17.1 Å². The van der Waals surface area contributed by atoms with Crippen LogP contribution in [0.25, 0.3) is 43.9 Å². The van der Waals surface area contributed by atoms with Crippen molar-refractivity contribution in [2.45, 2.75) is 0 Å². The molecule has 2 aromatic heterocycles.